The summed E-state index contributed by atoms with van der Waals surface area (Å²) >= 11 is 1.95. The molecule has 1 fully saturated rings. The molecule has 1 heterocycles. The SMILES string of the molecule is C=C(I)C1CC(C)(C)CN1S(=O)(=O)c1ccc([N+](=O)[O-])cc1[N+](=O)[O-]. The number of sulfonamides is 1. The molecule has 0 N–H and O–H groups in total. The van der Waals surface area contributed by atoms with E-state index in [4.69, 9.17) is 0 Å². The van der Waals surface area contributed by atoms with Gasteiger partial charge in [0.1, 0.15) is 0 Å². The maximum absolute atomic E-state index is 13.1. The van der Waals surface area contributed by atoms with Gasteiger partial charge in [0.05, 0.1) is 22.0 Å². The fourth-order valence-electron chi connectivity index (χ4n) is 2.85. The van der Waals surface area contributed by atoms with Crippen molar-refractivity contribution in [3.63, 3.8) is 0 Å². The normalized spacial score (nSPS) is 20.4. The van der Waals surface area contributed by atoms with Gasteiger partial charge in [-0.2, -0.15) is 4.31 Å². The number of benzene rings is 1. The van der Waals surface area contributed by atoms with E-state index in [9.17, 15) is 28.6 Å². The molecule has 0 aromatic heterocycles. The van der Waals surface area contributed by atoms with E-state index in [0.717, 1.165) is 12.1 Å². The molecule has 11 heteroatoms. The maximum Gasteiger partial charge on any atom is 0.296 e. The Morgan fingerprint density at radius 1 is 1.32 bits per heavy atom. The lowest BCUT2D eigenvalue weighted by molar-refractivity contribution is -0.396. The van der Waals surface area contributed by atoms with Gasteiger partial charge in [-0.05, 0) is 40.5 Å². The average molecular weight is 481 g/mol. The number of nitro groups is 2. The first-order chi connectivity index (χ1) is 11.4. The predicted octanol–water partition coefficient (Wildman–Crippen LogP) is 3.24. The van der Waals surface area contributed by atoms with Gasteiger partial charge in [-0.15, -0.1) is 0 Å². The van der Waals surface area contributed by atoms with Crippen LogP contribution in [0.2, 0.25) is 0 Å². The van der Waals surface area contributed by atoms with Crippen LogP contribution in [0.25, 0.3) is 0 Å². The van der Waals surface area contributed by atoms with Gasteiger partial charge in [-0.25, -0.2) is 8.42 Å². The average Bonchev–Trinajstić information content (AvgIpc) is 2.83. The van der Waals surface area contributed by atoms with Crippen molar-refractivity contribution in [1.82, 2.24) is 4.31 Å². The van der Waals surface area contributed by atoms with Gasteiger partial charge < -0.3 is 0 Å². The Bertz CT molecular complexity index is 867. The van der Waals surface area contributed by atoms with Crippen LogP contribution in [0.4, 0.5) is 11.4 Å². The van der Waals surface area contributed by atoms with Crippen LogP contribution in [0, 0.1) is 25.6 Å². The highest BCUT2D eigenvalue weighted by Crippen LogP contribution is 2.42. The van der Waals surface area contributed by atoms with Crippen molar-refractivity contribution in [1.29, 1.82) is 0 Å². The van der Waals surface area contributed by atoms with E-state index in [2.05, 4.69) is 6.58 Å². The minimum Gasteiger partial charge on any atom is -0.258 e. The van der Waals surface area contributed by atoms with E-state index in [1.54, 1.807) is 0 Å². The molecular formula is C14H16IN3O6S. The Morgan fingerprint density at radius 3 is 2.40 bits per heavy atom. The van der Waals surface area contributed by atoms with Crippen LogP contribution in [0.3, 0.4) is 0 Å². The van der Waals surface area contributed by atoms with E-state index in [1.807, 2.05) is 36.4 Å². The van der Waals surface area contributed by atoms with Gasteiger partial charge in [0.2, 0.25) is 0 Å². The van der Waals surface area contributed by atoms with Crippen LogP contribution in [0.15, 0.2) is 33.3 Å². The lowest BCUT2D eigenvalue weighted by Crippen LogP contribution is -2.36. The zero-order chi connectivity index (χ0) is 19.2. The first-order valence-corrected chi connectivity index (χ1v) is 9.68. The summed E-state index contributed by atoms with van der Waals surface area (Å²) in [5.74, 6) is 0. The van der Waals surface area contributed by atoms with Crippen LogP contribution in [-0.2, 0) is 10.0 Å². The standard InChI is InChI=1S/C14H16IN3O6S/c1-9(15)12-7-14(2,3)8-16(12)25(23,24)13-5-4-10(17(19)20)6-11(13)18(21)22/h4-6,12H,1,7-8H2,2-3H3. The van der Waals surface area contributed by atoms with Crippen LogP contribution in [-0.4, -0.2) is 35.2 Å². The second-order valence-electron chi connectivity index (χ2n) is 6.55. The third-order valence-corrected chi connectivity index (χ3v) is 6.60. The number of nitro benzene ring substituents is 2. The van der Waals surface area contributed by atoms with Crippen LogP contribution < -0.4 is 0 Å². The molecule has 9 nitrogen and oxygen atoms in total. The minimum atomic E-state index is -4.22. The number of hydrogen-bond acceptors (Lipinski definition) is 6. The second kappa shape index (κ2) is 6.61. The van der Waals surface area contributed by atoms with Gasteiger partial charge in [0, 0.05) is 16.2 Å². The molecule has 1 saturated heterocycles. The highest BCUT2D eigenvalue weighted by Gasteiger charge is 2.46. The predicted molar refractivity (Wildman–Crippen MR) is 99.0 cm³/mol. The molecule has 1 aromatic rings. The summed E-state index contributed by atoms with van der Waals surface area (Å²) in [5, 5.41) is 22.1. The van der Waals surface area contributed by atoms with Crippen molar-refractivity contribution in [2.45, 2.75) is 31.2 Å². The lowest BCUT2D eigenvalue weighted by Gasteiger charge is -2.23. The molecule has 1 unspecified atom stereocenters. The second-order valence-corrected chi connectivity index (χ2v) is 9.79. The Morgan fingerprint density at radius 2 is 1.92 bits per heavy atom. The van der Waals surface area contributed by atoms with Gasteiger partial charge in [-0.3, -0.25) is 20.2 Å². The first kappa shape index (κ1) is 19.7. The third kappa shape index (κ3) is 3.82. The fourth-order valence-corrected chi connectivity index (χ4v) is 5.54. The minimum absolute atomic E-state index is 0.177. The molecule has 0 radical (unpaired) electrons. The largest absolute Gasteiger partial charge is 0.296 e. The van der Waals surface area contributed by atoms with Gasteiger partial charge >= 0.3 is 0 Å². The molecule has 1 aliphatic rings. The topological polar surface area (TPSA) is 124 Å². The van der Waals surface area contributed by atoms with Gasteiger partial charge in [0.25, 0.3) is 21.4 Å². The number of nitrogens with zero attached hydrogens (tertiary/aromatic N) is 3. The van der Waals surface area contributed by atoms with Crippen molar-refractivity contribution in [2.24, 2.45) is 5.41 Å². The van der Waals surface area contributed by atoms with Gasteiger partial charge in [0.15, 0.2) is 4.90 Å². The molecule has 1 aromatic carbocycles. The zero-order valence-corrected chi connectivity index (χ0v) is 16.5. The van der Waals surface area contributed by atoms with E-state index >= 15 is 0 Å². The number of hydrogen-bond donors (Lipinski definition) is 0. The molecule has 136 valence electrons. The Labute approximate surface area is 158 Å². The van der Waals surface area contributed by atoms with E-state index < -0.39 is 42.2 Å². The smallest absolute Gasteiger partial charge is 0.258 e. The molecule has 25 heavy (non-hydrogen) atoms. The van der Waals surface area contributed by atoms with E-state index in [0.29, 0.717) is 16.1 Å². The van der Waals surface area contributed by atoms with Crippen LogP contribution in [0.1, 0.15) is 20.3 Å². The zero-order valence-electron chi connectivity index (χ0n) is 13.5. The Balaban J connectivity index is 2.61. The van der Waals surface area contributed by atoms with Crippen molar-refractivity contribution in [3.8, 4) is 0 Å². The molecular weight excluding hydrogens is 465 g/mol. The summed E-state index contributed by atoms with van der Waals surface area (Å²) in [6, 6.07) is 2.05. The van der Waals surface area contributed by atoms with Crippen molar-refractivity contribution in [2.75, 3.05) is 6.54 Å². The summed E-state index contributed by atoms with van der Waals surface area (Å²) in [4.78, 5) is 19.8. The van der Waals surface area contributed by atoms with Crippen molar-refractivity contribution in [3.05, 3.63) is 48.6 Å². The first-order valence-electron chi connectivity index (χ1n) is 7.16. The quantitative estimate of drug-likeness (QED) is 0.361. The number of rotatable bonds is 5. The maximum atomic E-state index is 13.1. The summed E-state index contributed by atoms with van der Waals surface area (Å²) in [6.07, 6.45) is 0.536. The van der Waals surface area contributed by atoms with Gasteiger partial charge in [-0.1, -0.05) is 20.4 Å². The highest BCUT2D eigenvalue weighted by molar-refractivity contribution is 14.1. The molecule has 0 aliphatic carbocycles. The van der Waals surface area contributed by atoms with Crippen molar-refractivity contribution >= 4 is 44.0 Å². The molecule has 2 rings (SSSR count). The van der Waals surface area contributed by atoms with E-state index in [1.165, 1.54) is 4.31 Å². The number of halogens is 1. The molecule has 0 amide bonds. The number of non-ortho nitro benzene ring substituents is 1. The molecule has 0 bridgehead atoms. The third-order valence-electron chi connectivity index (χ3n) is 3.98. The molecule has 1 atom stereocenters. The summed E-state index contributed by atoms with van der Waals surface area (Å²) in [5.41, 5.74) is -1.67. The summed E-state index contributed by atoms with van der Waals surface area (Å²) < 4.78 is 27.9. The monoisotopic (exact) mass is 481 g/mol. The van der Waals surface area contributed by atoms with Crippen LogP contribution in [0.5, 0.6) is 0 Å². The Hall–Kier alpha value is -1.60. The summed E-state index contributed by atoms with van der Waals surface area (Å²) in [6.45, 7) is 7.79. The summed E-state index contributed by atoms with van der Waals surface area (Å²) in [7, 11) is -4.22. The van der Waals surface area contributed by atoms with Crippen LogP contribution >= 0.6 is 22.6 Å². The van der Waals surface area contributed by atoms with Crippen molar-refractivity contribution < 1.29 is 18.3 Å². The lowest BCUT2D eigenvalue weighted by atomic mass is 9.91. The molecule has 0 saturated carbocycles. The molecule has 1 aliphatic heterocycles. The molecule has 0 spiro atoms. The Kier molecular flexibility index (Phi) is 5.21. The highest BCUT2D eigenvalue weighted by atomic mass is 127. The fraction of sp³-hybridized carbons (Fsp3) is 0.429. The van der Waals surface area contributed by atoms with E-state index in [-0.39, 0.29) is 12.0 Å².